The third-order valence-electron chi connectivity index (χ3n) is 7.36. The molecule has 12 heteroatoms. The summed E-state index contributed by atoms with van der Waals surface area (Å²) in [5.74, 6) is 0.268. The maximum absolute atomic E-state index is 13.5. The molecule has 236 valence electrons. The van der Waals surface area contributed by atoms with Crippen LogP contribution in [0.25, 0.3) is 0 Å². The highest BCUT2D eigenvalue weighted by molar-refractivity contribution is 8.00. The van der Waals surface area contributed by atoms with E-state index in [0.717, 1.165) is 41.7 Å². The number of amides is 2. The van der Waals surface area contributed by atoms with Gasteiger partial charge in [0.05, 0.1) is 24.0 Å². The minimum absolute atomic E-state index is 0.124. The first-order valence-electron chi connectivity index (χ1n) is 15.1. The van der Waals surface area contributed by atoms with Gasteiger partial charge in [-0.1, -0.05) is 60.3 Å². The Morgan fingerprint density at radius 2 is 1.76 bits per heavy atom. The van der Waals surface area contributed by atoms with Crippen LogP contribution >= 0.6 is 23.1 Å². The lowest BCUT2D eigenvalue weighted by atomic mass is 9.95. The number of benzene rings is 2. The van der Waals surface area contributed by atoms with E-state index >= 15 is 0 Å². The quantitative estimate of drug-likeness (QED) is 0.137. The summed E-state index contributed by atoms with van der Waals surface area (Å²) in [6.07, 6.45) is 4.50. The molecule has 1 aliphatic carbocycles. The first kappa shape index (κ1) is 32.2. The maximum Gasteiger partial charge on any atom is 0.341 e. The Morgan fingerprint density at radius 1 is 1.02 bits per heavy atom. The average molecular weight is 648 g/mol. The molecule has 45 heavy (non-hydrogen) atoms. The number of hydrogen-bond acceptors (Lipinski definition) is 9. The molecule has 0 fully saturated rings. The van der Waals surface area contributed by atoms with E-state index in [1.165, 1.54) is 23.1 Å². The highest BCUT2D eigenvalue weighted by atomic mass is 32.2. The molecule has 0 saturated carbocycles. The SMILES string of the molecule is CCOC(=O)c1c(NC(=O)[C@H](C)Sc2nnc(CNC(=O)COc3ccccc3)n2CCc2ccccc2)sc2c1CCCC2. The lowest BCUT2D eigenvalue weighted by Crippen LogP contribution is -2.30. The van der Waals surface area contributed by atoms with Gasteiger partial charge < -0.3 is 24.7 Å². The molecular formula is C33H37N5O5S2. The fraction of sp³-hybridized carbons (Fsp3) is 0.364. The Kier molecular flexibility index (Phi) is 11.3. The van der Waals surface area contributed by atoms with Crippen LogP contribution in [0.5, 0.6) is 5.75 Å². The number of thiophene rings is 1. The van der Waals surface area contributed by atoms with E-state index in [2.05, 4.69) is 33.0 Å². The fourth-order valence-corrected chi connectivity index (χ4v) is 7.21. The third kappa shape index (κ3) is 8.52. The van der Waals surface area contributed by atoms with E-state index < -0.39 is 11.2 Å². The number of carbonyl (C=O) groups excluding carboxylic acids is 3. The van der Waals surface area contributed by atoms with E-state index in [0.29, 0.717) is 40.3 Å². The van der Waals surface area contributed by atoms with Gasteiger partial charge in [0.25, 0.3) is 5.91 Å². The Labute approximate surface area is 270 Å². The van der Waals surface area contributed by atoms with Crippen LogP contribution in [0, 0.1) is 0 Å². The van der Waals surface area contributed by atoms with Gasteiger partial charge in [-0.25, -0.2) is 4.79 Å². The Bertz CT molecular complexity index is 1610. The number of aryl methyl sites for hydroxylation is 2. The van der Waals surface area contributed by atoms with Crippen LogP contribution in [0.2, 0.25) is 0 Å². The van der Waals surface area contributed by atoms with Crippen LogP contribution in [-0.4, -0.2) is 51.0 Å². The second-order valence-corrected chi connectivity index (χ2v) is 13.0. The van der Waals surface area contributed by atoms with E-state index in [1.54, 1.807) is 26.0 Å². The van der Waals surface area contributed by atoms with E-state index in [4.69, 9.17) is 9.47 Å². The van der Waals surface area contributed by atoms with Crippen molar-refractivity contribution in [1.29, 1.82) is 0 Å². The molecule has 2 aromatic carbocycles. The van der Waals surface area contributed by atoms with Gasteiger partial charge in [0.15, 0.2) is 17.6 Å². The number of nitrogens with zero attached hydrogens (tertiary/aromatic N) is 3. The Morgan fingerprint density at radius 3 is 2.51 bits per heavy atom. The van der Waals surface area contributed by atoms with Crippen LogP contribution < -0.4 is 15.4 Å². The summed E-state index contributed by atoms with van der Waals surface area (Å²) < 4.78 is 12.8. The minimum atomic E-state index is -0.541. The fourth-order valence-electron chi connectivity index (χ4n) is 5.04. The summed E-state index contributed by atoms with van der Waals surface area (Å²) in [6, 6.07) is 19.2. The van der Waals surface area contributed by atoms with Crippen molar-refractivity contribution in [2.24, 2.45) is 0 Å². The molecule has 0 unspecified atom stereocenters. The van der Waals surface area contributed by atoms with Crippen LogP contribution in [0.15, 0.2) is 65.8 Å². The Balaban J connectivity index is 1.27. The third-order valence-corrected chi connectivity index (χ3v) is 9.64. The van der Waals surface area contributed by atoms with Crippen LogP contribution in [0.4, 0.5) is 5.00 Å². The van der Waals surface area contributed by atoms with Crippen LogP contribution in [0.3, 0.4) is 0 Å². The molecule has 0 saturated heterocycles. The van der Waals surface area contributed by atoms with Gasteiger partial charge in [0, 0.05) is 11.4 Å². The van der Waals surface area contributed by atoms with Crippen molar-refractivity contribution in [1.82, 2.24) is 20.1 Å². The second-order valence-electron chi connectivity index (χ2n) is 10.5. The molecule has 2 amide bonds. The first-order valence-corrected chi connectivity index (χ1v) is 16.8. The molecule has 4 aromatic rings. The molecule has 0 radical (unpaired) electrons. The van der Waals surface area contributed by atoms with Gasteiger partial charge in [0.1, 0.15) is 10.8 Å². The number of anilines is 1. The smallest absolute Gasteiger partial charge is 0.341 e. The molecule has 2 heterocycles. The topological polar surface area (TPSA) is 124 Å². The normalized spacial score (nSPS) is 13.0. The van der Waals surface area contributed by atoms with Crippen LogP contribution in [-0.2, 0) is 46.7 Å². The standard InChI is InChI=1S/C33H37N5O5S2/c1-3-42-32(41)29-25-16-10-11-17-26(25)45-31(29)35-30(40)22(2)44-33-37-36-27(38(33)19-18-23-12-6-4-7-13-23)20-34-28(39)21-43-24-14-8-5-9-15-24/h4-9,12-15,22H,3,10-11,16-21H2,1-2H3,(H,34,39)(H,35,40)/t22-/m0/s1. The van der Waals surface area contributed by atoms with Gasteiger partial charge in [-0.15, -0.1) is 21.5 Å². The van der Waals surface area contributed by atoms with Crippen molar-refractivity contribution >= 4 is 45.9 Å². The maximum atomic E-state index is 13.5. The number of nitrogens with one attached hydrogen (secondary N) is 2. The number of para-hydroxylation sites is 1. The molecule has 2 aromatic heterocycles. The summed E-state index contributed by atoms with van der Waals surface area (Å²) in [6.45, 7) is 4.44. The zero-order valence-electron chi connectivity index (χ0n) is 25.4. The summed E-state index contributed by atoms with van der Waals surface area (Å²) in [5.41, 5.74) is 2.64. The summed E-state index contributed by atoms with van der Waals surface area (Å²) in [5, 5.41) is 15.2. The molecule has 0 bridgehead atoms. The lowest BCUT2D eigenvalue weighted by Gasteiger charge is -2.15. The van der Waals surface area contributed by atoms with E-state index in [1.807, 2.05) is 41.0 Å². The molecule has 0 aliphatic heterocycles. The van der Waals surface area contributed by atoms with Gasteiger partial charge in [0.2, 0.25) is 5.91 Å². The van der Waals surface area contributed by atoms with Gasteiger partial charge in [-0.05, 0) is 69.2 Å². The number of carbonyl (C=O) groups is 3. The van der Waals surface area contributed by atoms with Crippen LogP contribution in [0.1, 0.15) is 58.9 Å². The highest BCUT2D eigenvalue weighted by Crippen LogP contribution is 2.39. The minimum Gasteiger partial charge on any atom is -0.484 e. The molecule has 1 atom stereocenters. The lowest BCUT2D eigenvalue weighted by molar-refractivity contribution is -0.123. The molecule has 1 aliphatic rings. The van der Waals surface area contributed by atoms with Crippen molar-refractivity contribution in [3.05, 3.63) is 88.1 Å². The monoisotopic (exact) mass is 647 g/mol. The number of hydrogen-bond donors (Lipinski definition) is 2. The number of esters is 1. The number of aromatic nitrogens is 3. The summed E-state index contributed by atoms with van der Waals surface area (Å²) in [7, 11) is 0. The van der Waals surface area contributed by atoms with Crippen molar-refractivity contribution in [3.63, 3.8) is 0 Å². The number of thioether (sulfide) groups is 1. The molecule has 0 spiro atoms. The van der Waals surface area contributed by atoms with Crippen molar-refractivity contribution < 1.29 is 23.9 Å². The second kappa shape index (κ2) is 15.7. The van der Waals surface area contributed by atoms with Gasteiger partial charge in [-0.2, -0.15) is 0 Å². The molecule has 5 rings (SSSR count). The summed E-state index contributed by atoms with van der Waals surface area (Å²) >= 11 is 2.75. The zero-order valence-corrected chi connectivity index (χ0v) is 27.0. The number of rotatable bonds is 14. The zero-order chi connectivity index (χ0) is 31.6. The molecule has 2 N–H and O–H groups in total. The summed E-state index contributed by atoms with van der Waals surface area (Å²) in [4.78, 5) is 40.0. The largest absolute Gasteiger partial charge is 0.484 e. The highest BCUT2D eigenvalue weighted by Gasteiger charge is 2.29. The van der Waals surface area contributed by atoms with Crippen molar-refractivity contribution in [2.75, 3.05) is 18.5 Å². The van der Waals surface area contributed by atoms with E-state index in [-0.39, 0.29) is 31.6 Å². The Hall–Kier alpha value is -4.16. The number of ether oxygens (including phenoxy) is 2. The average Bonchev–Trinajstić information content (AvgIpc) is 3.62. The van der Waals surface area contributed by atoms with Gasteiger partial charge >= 0.3 is 5.97 Å². The predicted octanol–water partition coefficient (Wildman–Crippen LogP) is 5.45. The van der Waals surface area contributed by atoms with Gasteiger partial charge in [-0.3, -0.25) is 9.59 Å². The predicted molar refractivity (Wildman–Crippen MR) is 175 cm³/mol. The van der Waals surface area contributed by atoms with Crippen molar-refractivity contribution in [2.45, 2.75) is 69.4 Å². The van der Waals surface area contributed by atoms with Crippen molar-refractivity contribution in [3.8, 4) is 5.75 Å². The van der Waals surface area contributed by atoms with E-state index in [9.17, 15) is 14.4 Å². The molecule has 10 nitrogen and oxygen atoms in total. The number of fused-ring (bicyclic) bond motifs is 1. The molecular weight excluding hydrogens is 611 g/mol. The first-order chi connectivity index (χ1) is 21.9.